The molecule has 1 rings (SSSR count). The largest absolute Gasteiger partial charge is 0.444 e. The summed E-state index contributed by atoms with van der Waals surface area (Å²) in [6.45, 7) is 5.40. The van der Waals surface area contributed by atoms with Crippen LogP contribution in [0.5, 0.6) is 0 Å². The second-order valence-corrected chi connectivity index (χ2v) is 5.83. The van der Waals surface area contributed by atoms with Gasteiger partial charge in [-0.15, -0.1) is 0 Å². The third kappa shape index (κ3) is 6.71. The van der Waals surface area contributed by atoms with Gasteiger partial charge in [0, 0.05) is 12.1 Å². The lowest BCUT2D eigenvalue weighted by atomic mass is 10.1. The summed E-state index contributed by atoms with van der Waals surface area (Å²) in [6.07, 6.45) is -2.26. The summed E-state index contributed by atoms with van der Waals surface area (Å²) in [5.41, 5.74) is -2.07. The molecule has 0 saturated carbocycles. The molecule has 0 aromatic heterocycles. The molecule has 0 aliphatic carbocycles. The summed E-state index contributed by atoms with van der Waals surface area (Å²) in [5.74, 6) is -1.31. The van der Waals surface area contributed by atoms with Gasteiger partial charge in [-0.1, -0.05) is 24.3 Å². The van der Waals surface area contributed by atoms with E-state index in [0.717, 1.165) is 6.07 Å². The first-order valence-corrected chi connectivity index (χ1v) is 7.00. The normalized spacial score (nSPS) is 12.5. The maximum Gasteiger partial charge on any atom is 0.419 e. The molecular weight excluding hydrogens is 314 g/mol. The second-order valence-electron chi connectivity index (χ2n) is 5.83. The van der Waals surface area contributed by atoms with Crippen molar-refractivity contribution in [2.24, 2.45) is 0 Å². The molecule has 0 radical (unpaired) electrons. The highest BCUT2D eigenvalue weighted by Crippen LogP contribution is 2.32. The number of hydrogen-bond acceptors (Lipinski definition) is 2. The first-order chi connectivity index (χ1) is 10.5. The molecule has 1 aromatic carbocycles. The van der Waals surface area contributed by atoms with E-state index in [1.807, 2.05) is 0 Å². The van der Waals surface area contributed by atoms with Crippen molar-refractivity contribution in [3.05, 3.63) is 41.2 Å². The van der Waals surface area contributed by atoms with E-state index in [4.69, 9.17) is 4.74 Å². The van der Waals surface area contributed by atoms with Crippen LogP contribution >= 0.6 is 0 Å². The minimum Gasteiger partial charge on any atom is -0.444 e. The van der Waals surface area contributed by atoms with Crippen LogP contribution in [-0.2, 0) is 10.9 Å². The molecule has 0 aliphatic heterocycles. The van der Waals surface area contributed by atoms with Crippen molar-refractivity contribution in [1.82, 2.24) is 5.32 Å². The highest BCUT2D eigenvalue weighted by molar-refractivity contribution is 5.67. The van der Waals surface area contributed by atoms with Crippen LogP contribution in [0.15, 0.2) is 24.3 Å². The molecule has 128 valence electrons. The predicted octanol–water partition coefficient (Wildman–Crippen LogP) is 4.77. The van der Waals surface area contributed by atoms with Crippen molar-refractivity contribution in [3.8, 4) is 0 Å². The van der Waals surface area contributed by atoms with E-state index in [1.54, 1.807) is 20.8 Å². The molecular formula is C16H19F4NO2. The van der Waals surface area contributed by atoms with Crippen LogP contribution in [-0.4, -0.2) is 18.2 Å². The minimum atomic E-state index is -4.73. The molecule has 0 spiro atoms. The van der Waals surface area contributed by atoms with Gasteiger partial charge in [0.15, 0.2) is 0 Å². The van der Waals surface area contributed by atoms with Gasteiger partial charge >= 0.3 is 12.3 Å². The number of alkyl halides is 3. The third-order valence-electron chi connectivity index (χ3n) is 2.61. The Kier molecular flexibility index (Phi) is 6.18. The molecule has 0 saturated heterocycles. The van der Waals surface area contributed by atoms with Crippen molar-refractivity contribution < 1.29 is 27.1 Å². The van der Waals surface area contributed by atoms with E-state index in [0.29, 0.717) is 12.5 Å². The summed E-state index contributed by atoms with van der Waals surface area (Å²) < 4.78 is 56.5. The third-order valence-corrected chi connectivity index (χ3v) is 2.61. The molecule has 23 heavy (non-hydrogen) atoms. The Balaban J connectivity index is 2.55. The lowest BCUT2D eigenvalue weighted by Gasteiger charge is -2.19. The highest BCUT2D eigenvalue weighted by atomic mass is 19.4. The predicted molar refractivity (Wildman–Crippen MR) is 79.3 cm³/mol. The fourth-order valence-electron chi connectivity index (χ4n) is 1.68. The molecule has 0 bridgehead atoms. The topological polar surface area (TPSA) is 38.3 Å². The molecule has 0 heterocycles. The van der Waals surface area contributed by atoms with Gasteiger partial charge in [-0.05, 0) is 33.3 Å². The first kappa shape index (κ1) is 19.0. The highest BCUT2D eigenvalue weighted by Gasteiger charge is 2.34. The van der Waals surface area contributed by atoms with E-state index < -0.39 is 29.3 Å². The first-order valence-electron chi connectivity index (χ1n) is 7.00. The molecule has 0 unspecified atom stereocenters. The van der Waals surface area contributed by atoms with Crippen LogP contribution < -0.4 is 5.32 Å². The van der Waals surface area contributed by atoms with Gasteiger partial charge < -0.3 is 10.1 Å². The van der Waals surface area contributed by atoms with E-state index in [1.165, 1.54) is 18.2 Å². The Hall–Kier alpha value is -2.05. The zero-order valence-electron chi connectivity index (χ0n) is 13.1. The summed E-state index contributed by atoms with van der Waals surface area (Å²) >= 11 is 0. The molecule has 1 amide bonds. The summed E-state index contributed by atoms with van der Waals surface area (Å²) in [4.78, 5) is 11.4. The Morgan fingerprint density at radius 3 is 2.48 bits per heavy atom. The van der Waals surface area contributed by atoms with E-state index in [2.05, 4.69) is 5.32 Å². The number of ether oxygens (including phenoxy) is 1. The molecule has 3 nitrogen and oxygen atoms in total. The quantitative estimate of drug-likeness (QED) is 0.636. The molecule has 0 atom stereocenters. The van der Waals surface area contributed by atoms with Crippen molar-refractivity contribution in [2.45, 2.75) is 39.0 Å². The van der Waals surface area contributed by atoms with Gasteiger partial charge in [-0.2, -0.15) is 13.2 Å². The van der Waals surface area contributed by atoms with Crippen LogP contribution in [0.1, 0.15) is 38.3 Å². The van der Waals surface area contributed by atoms with Gasteiger partial charge in [0.1, 0.15) is 11.4 Å². The number of halogens is 4. The van der Waals surface area contributed by atoms with Crippen LogP contribution in [0, 0.1) is 5.82 Å². The zero-order valence-corrected chi connectivity index (χ0v) is 13.1. The summed E-state index contributed by atoms with van der Waals surface area (Å²) in [6, 6.07) is 3.09. The van der Waals surface area contributed by atoms with Crippen molar-refractivity contribution in [2.75, 3.05) is 6.54 Å². The molecule has 1 N–H and O–H groups in total. The van der Waals surface area contributed by atoms with Crippen LogP contribution in [0.25, 0.3) is 6.08 Å². The number of carbonyl (C=O) groups is 1. The number of benzene rings is 1. The Morgan fingerprint density at radius 1 is 1.26 bits per heavy atom. The van der Waals surface area contributed by atoms with Gasteiger partial charge in [0.05, 0.1) is 5.56 Å². The van der Waals surface area contributed by atoms with Crippen LogP contribution in [0.4, 0.5) is 22.4 Å². The van der Waals surface area contributed by atoms with Crippen LogP contribution in [0.2, 0.25) is 0 Å². The smallest absolute Gasteiger partial charge is 0.419 e. The van der Waals surface area contributed by atoms with E-state index in [-0.39, 0.29) is 12.1 Å². The second kappa shape index (κ2) is 7.48. The molecule has 0 fully saturated rings. The van der Waals surface area contributed by atoms with E-state index >= 15 is 0 Å². The number of hydrogen-bond donors (Lipinski definition) is 1. The van der Waals surface area contributed by atoms with Crippen molar-refractivity contribution in [3.63, 3.8) is 0 Å². The van der Waals surface area contributed by atoms with E-state index in [9.17, 15) is 22.4 Å². The Bertz CT molecular complexity index is 574. The lowest BCUT2D eigenvalue weighted by Crippen LogP contribution is -2.32. The maximum absolute atomic E-state index is 13.7. The molecule has 0 aliphatic rings. The number of amides is 1. The standard InChI is InChI=1S/C16H19F4NO2/c1-15(2,3)23-14(22)21-10-5-4-7-11-8-6-9-12(13(11)17)16(18,19)20/h4,6-9H,5,10H2,1-3H3,(H,21,22). The Morgan fingerprint density at radius 2 is 1.91 bits per heavy atom. The summed E-state index contributed by atoms with van der Waals surface area (Å²) in [7, 11) is 0. The Labute approximate surface area is 132 Å². The van der Waals surface area contributed by atoms with Crippen molar-refractivity contribution >= 4 is 12.2 Å². The SMILES string of the molecule is CC(C)(C)OC(=O)NCCC=Cc1cccc(C(F)(F)F)c1F. The van der Waals surface area contributed by atoms with Gasteiger partial charge in [0.25, 0.3) is 0 Å². The summed E-state index contributed by atoms with van der Waals surface area (Å²) in [5, 5.41) is 2.49. The number of alkyl carbamates (subject to hydrolysis) is 1. The van der Waals surface area contributed by atoms with Gasteiger partial charge in [-0.3, -0.25) is 0 Å². The average molecular weight is 333 g/mol. The molecule has 7 heteroatoms. The average Bonchev–Trinajstić information content (AvgIpc) is 2.36. The fraction of sp³-hybridized carbons (Fsp3) is 0.438. The van der Waals surface area contributed by atoms with Gasteiger partial charge in [-0.25, -0.2) is 9.18 Å². The maximum atomic E-state index is 13.7. The molecule has 1 aromatic rings. The lowest BCUT2D eigenvalue weighted by molar-refractivity contribution is -0.140. The van der Waals surface area contributed by atoms with Gasteiger partial charge in [0.2, 0.25) is 0 Å². The fourth-order valence-corrected chi connectivity index (χ4v) is 1.68. The zero-order chi connectivity index (χ0) is 17.7. The number of nitrogens with one attached hydrogen (secondary N) is 1. The monoisotopic (exact) mass is 333 g/mol. The van der Waals surface area contributed by atoms with Crippen molar-refractivity contribution in [1.29, 1.82) is 0 Å². The van der Waals surface area contributed by atoms with Crippen LogP contribution in [0.3, 0.4) is 0 Å². The number of rotatable bonds is 4. The minimum absolute atomic E-state index is 0.155. The number of carbonyl (C=O) groups excluding carboxylic acids is 1.